The Bertz CT molecular complexity index is 481. The zero-order chi connectivity index (χ0) is 13.3. The summed E-state index contributed by atoms with van der Waals surface area (Å²) in [6, 6.07) is 2.04. The van der Waals surface area contributed by atoms with Crippen molar-refractivity contribution in [2.24, 2.45) is 0 Å². The average molecular weight is 366 g/mol. The molecule has 1 N–H and O–H groups in total. The highest BCUT2D eigenvalue weighted by Crippen LogP contribution is 2.19. The van der Waals surface area contributed by atoms with Crippen molar-refractivity contribution in [3.63, 3.8) is 0 Å². The Morgan fingerprint density at radius 2 is 2.17 bits per heavy atom. The summed E-state index contributed by atoms with van der Waals surface area (Å²) in [5.41, 5.74) is -0.0606. The summed E-state index contributed by atoms with van der Waals surface area (Å²) < 4.78 is 27.1. The Morgan fingerprint density at radius 3 is 2.83 bits per heavy atom. The SMILES string of the molecule is C[C@H]1CNCCN1C(=O)c1cc(I)c(F)cc1F. The minimum Gasteiger partial charge on any atom is -0.333 e. The summed E-state index contributed by atoms with van der Waals surface area (Å²) in [6.45, 7) is 3.81. The van der Waals surface area contributed by atoms with E-state index in [-0.39, 0.29) is 21.1 Å². The van der Waals surface area contributed by atoms with Gasteiger partial charge in [0.2, 0.25) is 0 Å². The normalized spacial score (nSPS) is 20.0. The molecule has 18 heavy (non-hydrogen) atoms. The number of carbonyl (C=O) groups is 1. The summed E-state index contributed by atoms with van der Waals surface area (Å²) in [7, 11) is 0. The minimum absolute atomic E-state index is 0.00774. The number of carbonyl (C=O) groups excluding carboxylic acids is 1. The monoisotopic (exact) mass is 366 g/mol. The lowest BCUT2D eigenvalue weighted by atomic mass is 10.1. The van der Waals surface area contributed by atoms with E-state index in [1.165, 1.54) is 6.07 Å². The summed E-state index contributed by atoms with van der Waals surface area (Å²) in [5, 5.41) is 3.16. The molecular weight excluding hydrogens is 353 g/mol. The first-order valence-electron chi connectivity index (χ1n) is 5.67. The number of hydrogen-bond acceptors (Lipinski definition) is 2. The van der Waals surface area contributed by atoms with Gasteiger partial charge in [-0.2, -0.15) is 0 Å². The van der Waals surface area contributed by atoms with Crippen LogP contribution in [0.1, 0.15) is 17.3 Å². The molecule has 1 aliphatic rings. The van der Waals surface area contributed by atoms with E-state index in [9.17, 15) is 13.6 Å². The van der Waals surface area contributed by atoms with Gasteiger partial charge in [-0.25, -0.2) is 8.78 Å². The Labute approximate surface area is 118 Å². The fraction of sp³-hybridized carbons (Fsp3) is 0.417. The first-order valence-corrected chi connectivity index (χ1v) is 6.75. The molecule has 6 heteroatoms. The first-order chi connectivity index (χ1) is 8.50. The second-order valence-electron chi connectivity index (χ2n) is 4.30. The number of hydrogen-bond donors (Lipinski definition) is 1. The van der Waals surface area contributed by atoms with Crippen molar-refractivity contribution in [1.82, 2.24) is 10.2 Å². The Balaban J connectivity index is 2.30. The third kappa shape index (κ3) is 2.64. The number of halogens is 3. The van der Waals surface area contributed by atoms with E-state index in [1.54, 1.807) is 27.5 Å². The van der Waals surface area contributed by atoms with Gasteiger partial charge in [0.05, 0.1) is 5.56 Å². The maximum absolute atomic E-state index is 13.7. The lowest BCUT2D eigenvalue weighted by Gasteiger charge is -2.34. The van der Waals surface area contributed by atoms with Crippen molar-refractivity contribution >= 4 is 28.5 Å². The summed E-state index contributed by atoms with van der Waals surface area (Å²) in [5.74, 6) is -1.82. The minimum atomic E-state index is -0.802. The molecular formula is C12H13F2IN2O. The van der Waals surface area contributed by atoms with Crippen molar-refractivity contribution in [3.05, 3.63) is 32.9 Å². The second kappa shape index (κ2) is 5.48. The van der Waals surface area contributed by atoms with Gasteiger partial charge in [-0.1, -0.05) is 0 Å². The molecule has 0 aromatic heterocycles. The third-order valence-electron chi connectivity index (χ3n) is 3.00. The number of amides is 1. The number of rotatable bonds is 1. The van der Waals surface area contributed by atoms with Gasteiger partial charge in [0.15, 0.2) is 0 Å². The van der Waals surface area contributed by atoms with Gasteiger partial charge in [-0.3, -0.25) is 4.79 Å². The van der Waals surface area contributed by atoms with Crippen LogP contribution in [0.3, 0.4) is 0 Å². The van der Waals surface area contributed by atoms with E-state index in [0.29, 0.717) is 19.6 Å². The van der Waals surface area contributed by atoms with Crippen LogP contribution >= 0.6 is 22.6 Å². The molecule has 98 valence electrons. The maximum atomic E-state index is 13.7. The largest absolute Gasteiger partial charge is 0.333 e. The van der Waals surface area contributed by atoms with Crippen molar-refractivity contribution in [2.45, 2.75) is 13.0 Å². The number of benzene rings is 1. The van der Waals surface area contributed by atoms with E-state index in [2.05, 4.69) is 5.32 Å². The molecule has 1 fully saturated rings. The third-order valence-corrected chi connectivity index (χ3v) is 3.83. The highest BCUT2D eigenvalue weighted by molar-refractivity contribution is 14.1. The molecule has 0 radical (unpaired) electrons. The van der Waals surface area contributed by atoms with Crippen LogP contribution in [0, 0.1) is 15.2 Å². The topological polar surface area (TPSA) is 32.3 Å². The molecule has 3 nitrogen and oxygen atoms in total. The highest BCUT2D eigenvalue weighted by Gasteiger charge is 2.26. The van der Waals surface area contributed by atoms with E-state index in [4.69, 9.17) is 0 Å². The summed E-state index contributed by atoms with van der Waals surface area (Å²) >= 11 is 1.75. The number of nitrogens with zero attached hydrogens (tertiary/aromatic N) is 1. The predicted octanol–water partition coefficient (Wildman–Crippen LogP) is 2.00. The van der Waals surface area contributed by atoms with Gasteiger partial charge in [0.25, 0.3) is 5.91 Å². The average Bonchev–Trinajstić information content (AvgIpc) is 2.33. The van der Waals surface area contributed by atoms with Crippen LogP contribution in [0.25, 0.3) is 0 Å². The molecule has 0 spiro atoms. The van der Waals surface area contributed by atoms with Crippen molar-refractivity contribution < 1.29 is 13.6 Å². The fourth-order valence-corrected chi connectivity index (χ4v) is 2.45. The molecule has 0 saturated carbocycles. The van der Waals surface area contributed by atoms with E-state index < -0.39 is 11.6 Å². The van der Waals surface area contributed by atoms with Crippen molar-refractivity contribution in [3.8, 4) is 0 Å². The molecule has 1 aromatic rings. The van der Waals surface area contributed by atoms with Crippen LogP contribution < -0.4 is 5.32 Å². The molecule has 1 atom stereocenters. The lowest BCUT2D eigenvalue weighted by molar-refractivity contribution is 0.0651. The number of nitrogens with one attached hydrogen (secondary N) is 1. The fourth-order valence-electron chi connectivity index (χ4n) is 1.98. The Morgan fingerprint density at radius 1 is 1.44 bits per heavy atom. The van der Waals surface area contributed by atoms with Crippen LogP contribution in [-0.4, -0.2) is 36.5 Å². The van der Waals surface area contributed by atoms with Crippen molar-refractivity contribution in [1.29, 1.82) is 0 Å². The van der Waals surface area contributed by atoms with Gasteiger partial charge in [-0.15, -0.1) is 0 Å². The zero-order valence-corrected chi connectivity index (χ0v) is 12.0. The predicted molar refractivity (Wildman–Crippen MR) is 72.4 cm³/mol. The van der Waals surface area contributed by atoms with Gasteiger partial charge < -0.3 is 10.2 Å². The molecule has 0 aliphatic carbocycles. The van der Waals surface area contributed by atoms with Crippen LogP contribution in [-0.2, 0) is 0 Å². The molecule has 1 aromatic carbocycles. The van der Waals surface area contributed by atoms with Crippen molar-refractivity contribution in [2.75, 3.05) is 19.6 Å². The molecule has 0 unspecified atom stereocenters. The summed E-state index contributed by atoms with van der Waals surface area (Å²) in [4.78, 5) is 13.8. The molecule has 1 heterocycles. The lowest BCUT2D eigenvalue weighted by Crippen LogP contribution is -2.52. The maximum Gasteiger partial charge on any atom is 0.257 e. The Hall–Kier alpha value is -0.760. The highest BCUT2D eigenvalue weighted by atomic mass is 127. The molecule has 1 amide bonds. The molecule has 0 bridgehead atoms. The van der Waals surface area contributed by atoms with Gasteiger partial charge in [0, 0.05) is 35.3 Å². The van der Waals surface area contributed by atoms with Crippen LogP contribution in [0.2, 0.25) is 0 Å². The van der Waals surface area contributed by atoms with Gasteiger partial charge >= 0.3 is 0 Å². The standard InChI is InChI=1S/C12H13F2IN2O/c1-7-6-16-2-3-17(7)12(18)8-4-11(15)10(14)5-9(8)13/h4-5,7,16H,2-3,6H2,1H3/t7-/m0/s1. The van der Waals surface area contributed by atoms with E-state index in [1.807, 2.05) is 6.92 Å². The van der Waals surface area contributed by atoms with Crippen LogP contribution in [0.4, 0.5) is 8.78 Å². The van der Waals surface area contributed by atoms with E-state index in [0.717, 1.165) is 6.07 Å². The zero-order valence-electron chi connectivity index (χ0n) is 9.84. The van der Waals surface area contributed by atoms with Crippen LogP contribution in [0.5, 0.6) is 0 Å². The molecule has 1 aliphatic heterocycles. The van der Waals surface area contributed by atoms with E-state index >= 15 is 0 Å². The smallest absolute Gasteiger partial charge is 0.257 e. The summed E-state index contributed by atoms with van der Waals surface area (Å²) in [6.07, 6.45) is 0. The van der Waals surface area contributed by atoms with Crippen LogP contribution in [0.15, 0.2) is 12.1 Å². The van der Waals surface area contributed by atoms with Gasteiger partial charge in [-0.05, 0) is 35.6 Å². The quantitative estimate of drug-likeness (QED) is 0.609. The second-order valence-corrected chi connectivity index (χ2v) is 5.46. The van der Waals surface area contributed by atoms with Gasteiger partial charge in [0.1, 0.15) is 11.6 Å². The number of piperazine rings is 1. The first kappa shape index (κ1) is 13.7. The molecule has 1 saturated heterocycles. The Kier molecular flexibility index (Phi) is 4.16. The molecule has 2 rings (SSSR count).